The van der Waals surface area contributed by atoms with E-state index in [1.807, 2.05) is 42.7 Å². The minimum absolute atomic E-state index is 0.0323. The van der Waals surface area contributed by atoms with Gasteiger partial charge in [0.25, 0.3) is 0 Å². The van der Waals surface area contributed by atoms with Gasteiger partial charge in [0.15, 0.2) is 0 Å². The van der Waals surface area contributed by atoms with Crippen molar-refractivity contribution in [2.24, 2.45) is 11.8 Å². The minimum Gasteiger partial charge on any atom is -0.461 e. The van der Waals surface area contributed by atoms with Gasteiger partial charge >= 0.3 is 5.97 Å². The summed E-state index contributed by atoms with van der Waals surface area (Å²) >= 11 is 0. The highest BCUT2D eigenvalue weighted by Gasteiger charge is 2.51. The first-order valence-electron chi connectivity index (χ1n) is 13.8. The number of carbonyl (C=O) groups is 1. The Balaban J connectivity index is 1.06. The van der Waals surface area contributed by atoms with E-state index in [1.54, 1.807) is 4.90 Å². The summed E-state index contributed by atoms with van der Waals surface area (Å²) in [5.74, 6) is 1.87. The van der Waals surface area contributed by atoms with E-state index in [0.717, 1.165) is 75.0 Å². The number of quaternary nitrogens is 1. The number of fused-ring (bicyclic) bond motifs is 1. The van der Waals surface area contributed by atoms with Gasteiger partial charge in [-0.05, 0) is 37.0 Å². The molecule has 1 N–H and O–H groups in total. The highest BCUT2D eigenvalue weighted by molar-refractivity contribution is 5.83. The van der Waals surface area contributed by atoms with Crippen LogP contribution in [0, 0.1) is 11.8 Å². The molecule has 2 saturated carbocycles. The number of carbonyl (C=O) groups excluding carboxylic acids is 1. The van der Waals surface area contributed by atoms with Crippen LogP contribution < -0.4 is 4.90 Å². The molecule has 5 nitrogen and oxygen atoms in total. The topological polar surface area (TPSA) is 56.8 Å². The maximum atomic E-state index is 13.7. The highest BCUT2D eigenvalue weighted by atomic mass is 16.5. The second kappa shape index (κ2) is 10.2. The smallest absolute Gasteiger partial charge is 0.316 e. The zero-order valence-electron chi connectivity index (χ0n) is 21.0. The molecule has 3 aliphatic rings. The Morgan fingerprint density at radius 1 is 1.00 bits per heavy atom. The largest absolute Gasteiger partial charge is 0.461 e. The first-order chi connectivity index (χ1) is 17.7. The molecule has 6 rings (SSSR count). The molecule has 2 aromatic carbocycles. The first-order valence-corrected chi connectivity index (χ1v) is 13.8. The fourth-order valence-electron chi connectivity index (χ4n) is 6.86. The Hall–Kier alpha value is -2.92. The Labute approximate surface area is 213 Å². The van der Waals surface area contributed by atoms with Crippen LogP contribution in [0.5, 0.6) is 0 Å². The quantitative estimate of drug-likeness (QED) is 0.396. The van der Waals surface area contributed by atoms with E-state index in [4.69, 9.17) is 14.1 Å². The number of likely N-dealkylation sites (tertiary alicyclic amines) is 1. The highest BCUT2D eigenvalue weighted by Crippen LogP contribution is 2.44. The third-order valence-corrected chi connectivity index (χ3v) is 8.94. The molecule has 1 aromatic heterocycles. The Morgan fingerprint density at radius 3 is 2.44 bits per heavy atom. The van der Waals surface area contributed by atoms with Gasteiger partial charge < -0.3 is 14.1 Å². The molecule has 0 radical (unpaired) electrons. The molecule has 188 valence electrons. The Kier molecular flexibility index (Phi) is 6.66. The number of hydrogen-bond donors (Lipinski definition) is 1. The number of ether oxygens (including phenoxy) is 1. The number of benzene rings is 2. The van der Waals surface area contributed by atoms with E-state index in [2.05, 4.69) is 24.3 Å². The Bertz CT molecular complexity index is 1150. The van der Waals surface area contributed by atoms with Crippen LogP contribution in [0.1, 0.15) is 62.6 Å². The lowest BCUT2D eigenvalue weighted by Crippen LogP contribution is -3.13. The molecule has 2 aliphatic carbocycles. The lowest BCUT2D eigenvalue weighted by atomic mass is 9.66. The fraction of sp³-hybridized carbons (Fsp3) is 0.484. The summed E-state index contributed by atoms with van der Waals surface area (Å²) in [4.78, 5) is 20.0. The SMILES string of the molecule is O=C(O[C@H]1CC2C[NH+](Cc3coc(-c4ccccc4)n3)CCC21)C1(c2ccccc2)CCCCCC1. The van der Waals surface area contributed by atoms with E-state index in [9.17, 15) is 4.79 Å². The predicted molar refractivity (Wildman–Crippen MR) is 138 cm³/mol. The van der Waals surface area contributed by atoms with Crippen molar-refractivity contribution in [2.75, 3.05) is 13.1 Å². The average molecular weight is 486 g/mol. The number of nitrogens with zero attached hydrogens (tertiary/aromatic N) is 1. The van der Waals surface area contributed by atoms with Gasteiger partial charge in [0.1, 0.15) is 24.6 Å². The van der Waals surface area contributed by atoms with E-state index < -0.39 is 5.41 Å². The zero-order chi connectivity index (χ0) is 24.4. The number of hydrogen-bond acceptors (Lipinski definition) is 4. The molecule has 3 aromatic rings. The van der Waals surface area contributed by atoms with Gasteiger partial charge in [0, 0.05) is 23.8 Å². The molecule has 4 atom stereocenters. The van der Waals surface area contributed by atoms with Crippen LogP contribution in [0.3, 0.4) is 0 Å². The van der Waals surface area contributed by atoms with Crippen LogP contribution in [0.2, 0.25) is 0 Å². The lowest BCUT2D eigenvalue weighted by Gasteiger charge is -2.49. The number of piperidine rings is 1. The number of nitrogens with one attached hydrogen (secondary N) is 1. The molecule has 36 heavy (non-hydrogen) atoms. The van der Waals surface area contributed by atoms with E-state index in [-0.39, 0.29) is 12.1 Å². The minimum atomic E-state index is -0.460. The summed E-state index contributed by atoms with van der Waals surface area (Å²) in [7, 11) is 0. The van der Waals surface area contributed by atoms with Gasteiger partial charge in [-0.25, -0.2) is 4.98 Å². The van der Waals surface area contributed by atoms with Crippen molar-refractivity contribution in [1.29, 1.82) is 0 Å². The number of aromatic nitrogens is 1. The van der Waals surface area contributed by atoms with Crippen LogP contribution in [-0.2, 0) is 21.5 Å². The number of esters is 1. The van der Waals surface area contributed by atoms with Gasteiger partial charge in [0.2, 0.25) is 5.89 Å². The molecular formula is C31H37N2O3+. The summed E-state index contributed by atoms with van der Waals surface area (Å²) < 4.78 is 12.1. The van der Waals surface area contributed by atoms with Crippen molar-refractivity contribution in [1.82, 2.24) is 4.98 Å². The molecule has 3 fully saturated rings. The maximum absolute atomic E-state index is 13.7. The normalized spacial score (nSPS) is 27.3. The summed E-state index contributed by atoms with van der Waals surface area (Å²) in [6, 6.07) is 20.5. The summed E-state index contributed by atoms with van der Waals surface area (Å²) in [5, 5.41) is 0. The molecule has 1 saturated heterocycles. The third-order valence-electron chi connectivity index (χ3n) is 8.94. The van der Waals surface area contributed by atoms with Gasteiger partial charge in [0.05, 0.1) is 18.5 Å². The molecule has 0 bridgehead atoms. The van der Waals surface area contributed by atoms with Crippen LogP contribution >= 0.6 is 0 Å². The molecule has 0 amide bonds. The third kappa shape index (κ3) is 4.61. The van der Waals surface area contributed by atoms with Gasteiger partial charge in [-0.1, -0.05) is 74.2 Å². The van der Waals surface area contributed by atoms with E-state index in [1.165, 1.54) is 12.8 Å². The molecule has 2 heterocycles. The van der Waals surface area contributed by atoms with Crippen LogP contribution in [0.15, 0.2) is 71.3 Å². The molecule has 0 spiro atoms. The molecular weight excluding hydrogens is 448 g/mol. The van der Waals surface area contributed by atoms with Crippen molar-refractivity contribution in [3.63, 3.8) is 0 Å². The van der Waals surface area contributed by atoms with E-state index in [0.29, 0.717) is 17.7 Å². The van der Waals surface area contributed by atoms with Crippen molar-refractivity contribution in [2.45, 2.75) is 69.4 Å². The van der Waals surface area contributed by atoms with Gasteiger partial charge in [-0.3, -0.25) is 4.79 Å². The molecule has 5 heteroatoms. The second-order valence-electron chi connectivity index (χ2n) is 11.1. The average Bonchev–Trinajstić information content (AvgIpc) is 3.23. The first kappa shape index (κ1) is 23.5. The summed E-state index contributed by atoms with van der Waals surface area (Å²) in [6.45, 7) is 3.10. The maximum Gasteiger partial charge on any atom is 0.316 e. The summed E-state index contributed by atoms with van der Waals surface area (Å²) in [6.07, 6.45) is 10.5. The number of oxazole rings is 1. The summed E-state index contributed by atoms with van der Waals surface area (Å²) in [5.41, 5.74) is 2.72. The van der Waals surface area contributed by atoms with Crippen molar-refractivity contribution >= 4 is 5.97 Å². The van der Waals surface area contributed by atoms with E-state index >= 15 is 0 Å². The van der Waals surface area contributed by atoms with Crippen molar-refractivity contribution in [3.05, 3.63) is 78.2 Å². The standard InChI is InChI=1S/C31H36N2O3/c34-30(31(16-9-1-2-10-17-31)25-13-7-4-8-14-25)36-28-19-24-20-33(18-15-27(24)28)21-26-22-35-29(32-26)23-11-5-3-6-12-23/h3-8,11-14,22,24,27-28H,1-2,9-10,15-21H2/p+1/t24?,27?,28-/m0/s1. The van der Waals surface area contributed by atoms with Gasteiger partial charge in [-0.2, -0.15) is 0 Å². The number of rotatable bonds is 6. The van der Waals surface area contributed by atoms with Crippen LogP contribution in [-0.4, -0.2) is 30.1 Å². The second-order valence-corrected chi connectivity index (χ2v) is 11.1. The molecule has 3 unspecified atom stereocenters. The zero-order valence-corrected chi connectivity index (χ0v) is 21.0. The van der Waals surface area contributed by atoms with Crippen LogP contribution in [0.25, 0.3) is 11.5 Å². The molecule has 1 aliphatic heterocycles. The van der Waals surface area contributed by atoms with Gasteiger partial charge in [-0.15, -0.1) is 0 Å². The Morgan fingerprint density at radius 2 is 1.72 bits per heavy atom. The monoisotopic (exact) mass is 485 g/mol. The predicted octanol–water partition coefficient (Wildman–Crippen LogP) is 4.97. The lowest BCUT2D eigenvalue weighted by molar-refractivity contribution is -0.926. The van der Waals surface area contributed by atoms with Crippen molar-refractivity contribution in [3.8, 4) is 11.5 Å². The fourth-order valence-corrected chi connectivity index (χ4v) is 6.86. The van der Waals surface area contributed by atoms with Crippen LogP contribution in [0.4, 0.5) is 0 Å². The van der Waals surface area contributed by atoms with Crippen molar-refractivity contribution < 1.29 is 18.8 Å².